The molecule has 174 valence electrons. The third-order valence-corrected chi connectivity index (χ3v) is 5.43. The molecule has 0 unspecified atom stereocenters. The fraction of sp³-hybridized carbons (Fsp3) is 0.261. The van der Waals surface area contributed by atoms with Gasteiger partial charge in [0, 0.05) is 24.8 Å². The lowest BCUT2D eigenvalue weighted by molar-refractivity contribution is -0.129. The first kappa shape index (κ1) is 24.2. The van der Waals surface area contributed by atoms with Crippen molar-refractivity contribution in [1.82, 2.24) is 10.0 Å². The number of fused-ring (bicyclic) bond motifs is 1. The number of amides is 2. The Morgan fingerprint density at radius 1 is 1.15 bits per heavy atom. The lowest BCUT2D eigenvalue weighted by Gasteiger charge is -2.14. The van der Waals surface area contributed by atoms with E-state index in [1.165, 1.54) is 25.4 Å². The number of carbonyl (C=O) groups is 2. The topological polar surface area (TPSA) is 110 Å². The molecule has 10 heteroatoms. The summed E-state index contributed by atoms with van der Waals surface area (Å²) in [7, 11) is 1.48. The predicted octanol–water partition coefficient (Wildman–Crippen LogP) is 4.12. The van der Waals surface area contributed by atoms with Crippen molar-refractivity contribution in [3.63, 3.8) is 0 Å². The Hall–Kier alpha value is -3.43. The number of nitrogens with zero attached hydrogens (tertiary/aromatic N) is 1. The molecule has 0 saturated carbocycles. The number of methoxy groups -OCH3 is 1. The molecule has 0 saturated heterocycles. The van der Waals surface area contributed by atoms with E-state index in [4.69, 9.17) is 21.5 Å². The van der Waals surface area contributed by atoms with Gasteiger partial charge in [-0.15, -0.1) is 0 Å². The molecule has 1 aromatic heterocycles. The molecule has 3 rings (SSSR count). The molecule has 0 atom stereocenters. The second-order valence-corrected chi connectivity index (χ2v) is 7.78. The molecule has 0 fully saturated rings. The van der Waals surface area contributed by atoms with Gasteiger partial charge in [0.05, 0.1) is 23.0 Å². The van der Waals surface area contributed by atoms with Gasteiger partial charge >= 0.3 is 0 Å². The SMILES string of the molecule is COc1ccc2c(c1)c(=O)c(C(=O)Nc1ccc(F)c(Cl)c1)cn2CCCCCC(=O)NO. The van der Waals surface area contributed by atoms with Gasteiger partial charge in [-0.1, -0.05) is 18.0 Å². The van der Waals surface area contributed by atoms with E-state index in [-0.39, 0.29) is 22.7 Å². The molecular weight excluding hydrogens is 453 g/mol. The van der Waals surface area contributed by atoms with Gasteiger partial charge in [0.2, 0.25) is 11.3 Å². The number of ether oxygens (including phenoxy) is 1. The summed E-state index contributed by atoms with van der Waals surface area (Å²) in [6.45, 7) is 0.493. The summed E-state index contributed by atoms with van der Waals surface area (Å²) < 4.78 is 20.4. The normalized spacial score (nSPS) is 10.8. The van der Waals surface area contributed by atoms with Crippen molar-refractivity contribution in [3.05, 3.63) is 69.2 Å². The second kappa shape index (κ2) is 10.9. The maximum absolute atomic E-state index is 13.4. The van der Waals surface area contributed by atoms with Crippen LogP contribution in [0.3, 0.4) is 0 Å². The molecule has 0 radical (unpaired) electrons. The standard InChI is InChI=1S/C23H23ClFN3O5/c1-33-15-7-9-20-16(12-15)22(30)17(13-28(20)10-4-2-3-5-21(29)27-32)23(31)26-14-6-8-19(25)18(24)11-14/h6-9,11-13,32H,2-5,10H2,1H3,(H,26,31)(H,27,29). The van der Waals surface area contributed by atoms with Gasteiger partial charge in [0.1, 0.15) is 17.1 Å². The van der Waals surface area contributed by atoms with E-state index >= 15 is 0 Å². The van der Waals surface area contributed by atoms with Crippen LogP contribution in [-0.4, -0.2) is 28.7 Å². The van der Waals surface area contributed by atoms with Crippen LogP contribution in [0.25, 0.3) is 10.9 Å². The van der Waals surface area contributed by atoms with Gasteiger partial charge in [0.25, 0.3) is 5.91 Å². The van der Waals surface area contributed by atoms with Crippen molar-refractivity contribution in [2.24, 2.45) is 0 Å². The van der Waals surface area contributed by atoms with Gasteiger partial charge < -0.3 is 14.6 Å². The summed E-state index contributed by atoms with van der Waals surface area (Å²) in [5.74, 6) is -1.24. The summed E-state index contributed by atoms with van der Waals surface area (Å²) in [5, 5.41) is 11.3. The van der Waals surface area contributed by atoms with Crippen LogP contribution in [0.1, 0.15) is 36.0 Å². The van der Waals surface area contributed by atoms with Crippen LogP contribution in [0.15, 0.2) is 47.4 Å². The average molecular weight is 476 g/mol. The number of pyridine rings is 1. The first-order chi connectivity index (χ1) is 15.8. The number of anilines is 1. The van der Waals surface area contributed by atoms with Crippen molar-refractivity contribution in [2.75, 3.05) is 12.4 Å². The molecule has 3 aromatic rings. The highest BCUT2D eigenvalue weighted by Gasteiger charge is 2.17. The summed E-state index contributed by atoms with van der Waals surface area (Å²) in [4.78, 5) is 37.1. The monoisotopic (exact) mass is 475 g/mol. The quantitative estimate of drug-likeness (QED) is 0.245. The van der Waals surface area contributed by atoms with E-state index in [0.29, 0.717) is 42.5 Å². The van der Waals surface area contributed by atoms with E-state index < -0.39 is 23.1 Å². The Bertz CT molecular complexity index is 1240. The number of aryl methyl sites for hydroxylation is 1. The van der Waals surface area contributed by atoms with Crippen LogP contribution in [0, 0.1) is 5.82 Å². The summed E-state index contributed by atoms with van der Waals surface area (Å²) in [6.07, 6.45) is 3.64. The lowest BCUT2D eigenvalue weighted by Crippen LogP contribution is -2.24. The number of hydrogen-bond donors (Lipinski definition) is 3. The molecule has 2 aromatic carbocycles. The zero-order valence-corrected chi connectivity index (χ0v) is 18.6. The Labute approximate surface area is 193 Å². The number of carbonyl (C=O) groups excluding carboxylic acids is 2. The number of rotatable bonds is 9. The number of aromatic nitrogens is 1. The third kappa shape index (κ3) is 5.88. The minimum atomic E-state index is -0.652. The molecule has 0 aliphatic heterocycles. The van der Waals surface area contributed by atoms with Crippen LogP contribution < -0.4 is 21.0 Å². The van der Waals surface area contributed by atoms with Crippen molar-refractivity contribution >= 4 is 40.0 Å². The van der Waals surface area contributed by atoms with E-state index in [2.05, 4.69) is 5.32 Å². The number of hydrogen-bond acceptors (Lipinski definition) is 5. The van der Waals surface area contributed by atoms with Crippen molar-refractivity contribution in [3.8, 4) is 5.75 Å². The summed E-state index contributed by atoms with van der Waals surface area (Å²) in [6, 6.07) is 8.79. The predicted molar refractivity (Wildman–Crippen MR) is 123 cm³/mol. The highest BCUT2D eigenvalue weighted by atomic mass is 35.5. The van der Waals surface area contributed by atoms with E-state index in [1.54, 1.807) is 28.2 Å². The number of halogens is 2. The van der Waals surface area contributed by atoms with E-state index in [1.807, 2.05) is 0 Å². The minimum absolute atomic E-state index is 0.0872. The van der Waals surface area contributed by atoms with Crippen LogP contribution in [0.2, 0.25) is 5.02 Å². The zero-order valence-electron chi connectivity index (χ0n) is 17.9. The largest absolute Gasteiger partial charge is 0.497 e. The minimum Gasteiger partial charge on any atom is -0.497 e. The molecule has 1 heterocycles. The molecular formula is C23H23ClFN3O5. The maximum Gasteiger partial charge on any atom is 0.261 e. The second-order valence-electron chi connectivity index (χ2n) is 7.38. The zero-order chi connectivity index (χ0) is 24.0. The van der Waals surface area contributed by atoms with E-state index in [0.717, 1.165) is 6.07 Å². The van der Waals surface area contributed by atoms with Gasteiger partial charge in [-0.25, -0.2) is 9.87 Å². The Balaban J connectivity index is 1.90. The Kier molecular flexibility index (Phi) is 8.02. The van der Waals surface area contributed by atoms with Crippen molar-refractivity contribution < 1.29 is 23.9 Å². The maximum atomic E-state index is 13.4. The highest BCUT2D eigenvalue weighted by Crippen LogP contribution is 2.22. The summed E-state index contributed by atoms with van der Waals surface area (Å²) in [5.41, 5.74) is 1.93. The molecule has 0 aliphatic rings. The molecule has 8 nitrogen and oxygen atoms in total. The van der Waals surface area contributed by atoms with Crippen LogP contribution in [0.4, 0.5) is 10.1 Å². The van der Waals surface area contributed by atoms with Gasteiger partial charge in [0.15, 0.2) is 0 Å². The van der Waals surface area contributed by atoms with E-state index in [9.17, 15) is 18.8 Å². The fourth-order valence-electron chi connectivity index (χ4n) is 3.42. The number of nitrogens with one attached hydrogen (secondary N) is 2. The molecule has 0 spiro atoms. The molecule has 0 aliphatic carbocycles. The number of hydroxylamine groups is 1. The lowest BCUT2D eigenvalue weighted by atomic mass is 10.1. The number of benzene rings is 2. The smallest absolute Gasteiger partial charge is 0.261 e. The first-order valence-electron chi connectivity index (χ1n) is 10.2. The van der Waals surface area contributed by atoms with Crippen molar-refractivity contribution in [1.29, 1.82) is 0 Å². The van der Waals surface area contributed by atoms with Crippen LogP contribution in [-0.2, 0) is 11.3 Å². The highest BCUT2D eigenvalue weighted by molar-refractivity contribution is 6.31. The Morgan fingerprint density at radius 3 is 2.64 bits per heavy atom. The Morgan fingerprint density at radius 2 is 1.94 bits per heavy atom. The molecule has 0 bridgehead atoms. The first-order valence-corrected chi connectivity index (χ1v) is 10.6. The van der Waals surface area contributed by atoms with Crippen molar-refractivity contribution in [2.45, 2.75) is 32.2 Å². The molecule has 2 amide bonds. The fourth-order valence-corrected chi connectivity index (χ4v) is 3.60. The summed E-state index contributed by atoms with van der Waals surface area (Å²) >= 11 is 5.78. The average Bonchev–Trinajstić information content (AvgIpc) is 2.81. The van der Waals surface area contributed by atoms with Crippen LogP contribution in [0.5, 0.6) is 5.75 Å². The van der Waals surface area contributed by atoms with Gasteiger partial charge in [-0.2, -0.15) is 0 Å². The molecule has 3 N–H and O–H groups in total. The van der Waals surface area contributed by atoms with Gasteiger partial charge in [-0.05, 0) is 49.2 Å². The van der Waals surface area contributed by atoms with Crippen LogP contribution >= 0.6 is 11.6 Å². The third-order valence-electron chi connectivity index (χ3n) is 5.14. The number of unbranched alkanes of at least 4 members (excludes halogenated alkanes) is 2. The van der Waals surface area contributed by atoms with Gasteiger partial charge in [-0.3, -0.25) is 19.6 Å². The molecule has 33 heavy (non-hydrogen) atoms.